The van der Waals surface area contributed by atoms with E-state index in [1.807, 2.05) is 6.07 Å². The molecule has 0 bridgehead atoms. The molecule has 9 heteroatoms. The number of pyridine rings is 1. The summed E-state index contributed by atoms with van der Waals surface area (Å²) in [4.78, 5) is 8.81. The van der Waals surface area contributed by atoms with E-state index in [1.54, 1.807) is 12.1 Å². The van der Waals surface area contributed by atoms with Gasteiger partial charge in [0.15, 0.2) is 0 Å². The Labute approximate surface area is 158 Å². The largest absolute Gasteiger partial charge is 0.495 e. The van der Waals surface area contributed by atoms with Gasteiger partial charge in [-0.25, -0.2) is 13.4 Å². The van der Waals surface area contributed by atoms with Crippen LogP contribution in [0.2, 0.25) is 5.02 Å². The van der Waals surface area contributed by atoms with Crippen LogP contribution in [0.4, 0.5) is 11.5 Å². The number of ether oxygens (including phenoxy) is 1. The molecule has 1 fully saturated rings. The number of halogens is 1. The number of nitrogens with zero attached hydrogens (tertiary/aromatic N) is 3. The van der Waals surface area contributed by atoms with E-state index in [-0.39, 0.29) is 10.6 Å². The second-order valence-electron chi connectivity index (χ2n) is 6.10. The Morgan fingerprint density at radius 3 is 2.50 bits per heavy atom. The molecule has 0 spiro atoms. The predicted molar refractivity (Wildman–Crippen MR) is 103 cm³/mol. The third kappa shape index (κ3) is 4.20. The molecule has 1 saturated heterocycles. The Balaban J connectivity index is 1.77. The topological polar surface area (TPSA) is 74.8 Å². The van der Waals surface area contributed by atoms with Crippen molar-refractivity contribution in [3.63, 3.8) is 0 Å². The Morgan fingerprint density at radius 1 is 1.15 bits per heavy atom. The fraction of sp³-hybridized carbons (Fsp3) is 0.353. The van der Waals surface area contributed by atoms with Crippen LogP contribution in [-0.2, 0) is 10.0 Å². The van der Waals surface area contributed by atoms with Crippen molar-refractivity contribution in [3.05, 3.63) is 41.6 Å². The molecule has 0 amide bonds. The van der Waals surface area contributed by atoms with Crippen molar-refractivity contribution in [2.75, 3.05) is 50.0 Å². The van der Waals surface area contributed by atoms with Crippen molar-refractivity contribution >= 4 is 33.1 Å². The van der Waals surface area contributed by atoms with Crippen LogP contribution < -0.4 is 14.4 Å². The quantitative estimate of drug-likeness (QED) is 0.835. The second-order valence-corrected chi connectivity index (χ2v) is 8.18. The average Bonchev–Trinajstić information content (AvgIpc) is 2.63. The van der Waals surface area contributed by atoms with Crippen molar-refractivity contribution in [1.29, 1.82) is 0 Å². The van der Waals surface area contributed by atoms with Crippen LogP contribution in [0.3, 0.4) is 0 Å². The SMILES string of the molecule is COc1ccc(Cl)cc1S(=O)(=O)Nc1ccc(N2CCN(C)CC2)nc1. The van der Waals surface area contributed by atoms with Crippen LogP contribution >= 0.6 is 11.6 Å². The number of likely N-dealkylation sites (N-methyl/N-ethyl adjacent to an activating group) is 1. The summed E-state index contributed by atoms with van der Waals surface area (Å²) in [5, 5.41) is 0.315. The lowest BCUT2D eigenvalue weighted by atomic mass is 10.3. The Morgan fingerprint density at radius 2 is 1.88 bits per heavy atom. The van der Waals surface area contributed by atoms with Gasteiger partial charge in [0, 0.05) is 31.2 Å². The molecule has 1 N–H and O–H groups in total. The number of hydrogen-bond donors (Lipinski definition) is 1. The second kappa shape index (κ2) is 7.69. The molecule has 26 heavy (non-hydrogen) atoms. The summed E-state index contributed by atoms with van der Waals surface area (Å²) in [5.41, 5.74) is 0.380. The zero-order chi connectivity index (χ0) is 18.7. The number of sulfonamides is 1. The average molecular weight is 397 g/mol. The molecule has 0 atom stereocenters. The first kappa shape index (κ1) is 18.8. The Kier molecular flexibility index (Phi) is 5.55. The first-order valence-corrected chi connectivity index (χ1v) is 10.0. The first-order chi connectivity index (χ1) is 12.4. The minimum atomic E-state index is -3.84. The van der Waals surface area contributed by atoms with E-state index in [0.29, 0.717) is 10.7 Å². The van der Waals surface area contributed by atoms with Crippen LogP contribution in [0.1, 0.15) is 0 Å². The van der Waals surface area contributed by atoms with Crippen LogP contribution in [0.25, 0.3) is 0 Å². The molecule has 0 aliphatic carbocycles. The van der Waals surface area contributed by atoms with Crippen molar-refractivity contribution in [3.8, 4) is 5.75 Å². The molecular formula is C17H21ClN4O3S. The highest BCUT2D eigenvalue weighted by Crippen LogP contribution is 2.28. The Hall–Kier alpha value is -2.03. The number of aromatic nitrogens is 1. The van der Waals surface area contributed by atoms with E-state index < -0.39 is 10.0 Å². The van der Waals surface area contributed by atoms with Crippen molar-refractivity contribution in [1.82, 2.24) is 9.88 Å². The van der Waals surface area contributed by atoms with Gasteiger partial charge in [0.2, 0.25) is 0 Å². The highest BCUT2D eigenvalue weighted by molar-refractivity contribution is 7.92. The smallest absolute Gasteiger partial charge is 0.265 e. The predicted octanol–water partition coefficient (Wildman–Crippen LogP) is 2.30. The summed E-state index contributed by atoms with van der Waals surface area (Å²) in [6, 6.07) is 7.97. The number of piperazine rings is 1. The zero-order valence-electron chi connectivity index (χ0n) is 14.6. The molecule has 1 aromatic carbocycles. The molecule has 1 aromatic heterocycles. The summed E-state index contributed by atoms with van der Waals surface area (Å²) in [6.45, 7) is 3.75. The highest BCUT2D eigenvalue weighted by Gasteiger charge is 2.21. The van der Waals surface area contributed by atoms with Crippen LogP contribution in [0.15, 0.2) is 41.4 Å². The lowest BCUT2D eigenvalue weighted by molar-refractivity contribution is 0.312. The van der Waals surface area contributed by atoms with Crippen LogP contribution in [0, 0.1) is 0 Å². The van der Waals surface area contributed by atoms with E-state index in [9.17, 15) is 8.42 Å². The molecule has 2 heterocycles. The van der Waals surface area contributed by atoms with Gasteiger partial charge >= 0.3 is 0 Å². The normalized spacial score (nSPS) is 15.7. The number of nitrogens with one attached hydrogen (secondary N) is 1. The van der Waals surface area contributed by atoms with Crippen molar-refractivity contribution < 1.29 is 13.2 Å². The fourth-order valence-electron chi connectivity index (χ4n) is 2.74. The molecular weight excluding hydrogens is 376 g/mol. The summed E-state index contributed by atoms with van der Waals surface area (Å²) < 4.78 is 33.0. The fourth-order valence-corrected chi connectivity index (χ4v) is 4.22. The van der Waals surface area contributed by atoms with E-state index >= 15 is 0 Å². The minimum Gasteiger partial charge on any atom is -0.495 e. The van der Waals surface area contributed by atoms with E-state index in [0.717, 1.165) is 32.0 Å². The summed E-state index contributed by atoms with van der Waals surface area (Å²) in [5.74, 6) is 1.06. The van der Waals surface area contributed by atoms with Crippen molar-refractivity contribution in [2.24, 2.45) is 0 Å². The van der Waals surface area contributed by atoms with Gasteiger partial charge in [-0.05, 0) is 37.4 Å². The Bertz CT molecular complexity index is 866. The first-order valence-electron chi connectivity index (χ1n) is 8.15. The van der Waals surface area contributed by atoms with E-state index in [1.165, 1.54) is 25.4 Å². The molecule has 0 radical (unpaired) electrons. The molecule has 1 aliphatic heterocycles. The lowest BCUT2D eigenvalue weighted by Gasteiger charge is -2.33. The zero-order valence-corrected chi connectivity index (χ0v) is 16.2. The highest BCUT2D eigenvalue weighted by atomic mass is 35.5. The van der Waals surface area contributed by atoms with Gasteiger partial charge in [0.25, 0.3) is 10.0 Å². The third-order valence-corrected chi connectivity index (χ3v) is 5.88. The molecule has 2 aromatic rings. The van der Waals surface area contributed by atoms with E-state index in [2.05, 4.69) is 26.6 Å². The number of hydrogen-bond acceptors (Lipinski definition) is 6. The molecule has 0 unspecified atom stereocenters. The third-order valence-electron chi connectivity index (χ3n) is 4.24. The maximum Gasteiger partial charge on any atom is 0.265 e. The maximum absolute atomic E-state index is 12.7. The maximum atomic E-state index is 12.7. The molecule has 1 aliphatic rings. The van der Waals surface area contributed by atoms with E-state index in [4.69, 9.17) is 16.3 Å². The molecule has 7 nitrogen and oxygen atoms in total. The monoisotopic (exact) mass is 396 g/mol. The van der Waals surface area contributed by atoms with Crippen LogP contribution in [0.5, 0.6) is 5.75 Å². The van der Waals surface area contributed by atoms with Crippen LogP contribution in [-0.4, -0.2) is 58.6 Å². The summed E-state index contributed by atoms with van der Waals surface area (Å²) in [6.07, 6.45) is 1.52. The molecule has 140 valence electrons. The van der Waals surface area contributed by atoms with Crippen molar-refractivity contribution in [2.45, 2.75) is 4.90 Å². The number of anilines is 2. The van der Waals surface area contributed by atoms with Gasteiger partial charge in [0.05, 0.1) is 19.0 Å². The number of benzene rings is 1. The van der Waals surface area contributed by atoms with Gasteiger partial charge in [-0.1, -0.05) is 11.6 Å². The lowest BCUT2D eigenvalue weighted by Crippen LogP contribution is -2.44. The molecule has 3 rings (SSSR count). The summed E-state index contributed by atoms with van der Waals surface area (Å²) in [7, 11) is -0.342. The van der Waals surface area contributed by atoms with Gasteiger partial charge in [-0.15, -0.1) is 0 Å². The van der Waals surface area contributed by atoms with Gasteiger partial charge in [0.1, 0.15) is 16.5 Å². The molecule has 0 saturated carbocycles. The summed E-state index contributed by atoms with van der Waals surface area (Å²) >= 11 is 5.93. The number of rotatable bonds is 5. The minimum absolute atomic E-state index is 0.0179. The van der Waals surface area contributed by atoms with Gasteiger partial charge < -0.3 is 14.5 Å². The standard InChI is InChI=1S/C17H21ClN4O3S/c1-21-7-9-22(10-8-21)17-6-4-14(12-19-17)20-26(23,24)16-11-13(18)3-5-15(16)25-2/h3-6,11-12,20H,7-10H2,1-2H3. The van der Waals surface area contributed by atoms with Gasteiger partial charge in [-0.2, -0.15) is 0 Å². The van der Waals surface area contributed by atoms with Gasteiger partial charge in [-0.3, -0.25) is 4.72 Å². The number of methoxy groups -OCH3 is 1.